The molecule has 0 amide bonds. The van der Waals surface area contributed by atoms with Gasteiger partial charge in [-0.15, -0.1) is 0 Å². The molecule has 2 heterocycles. The summed E-state index contributed by atoms with van der Waals surface area (Å²) in [5.41, 5.74) is 10.8. The second-order valence-corrected chi connectivity index (χ2v) is 12.0. The normalized spacial score (nSPS) is 11.3. The SMILES string of the molecule is N#Cc1cc(-c2ccc3c(c2)c2ccccc2n3-c2ccccc2)ccc1-c1c(C#N)cccc1-n1c2ccccc2c2ccccc21. The zero-order valence-corrected chi connectivity index (χ0v) is 25.8. The van der Waals surface area contributed by atoms with Gasteiger partial charge in [-0.25, -0.2) is 0 Å². The van der Waals surface area contributed by atoms with Crippen LogP contribution in [0.25, 0.3) is 77.2 Å². The average Bonchev–Trinajstić information content (AvgIpc) is 3.67. The number of fused-ring (bicyclic) bond motifs is 6. The van der Waals surface area contributed by atoms with E-state index >= 15 is 0 Å². The van der Waals surface area contributed by atoms with Crippen molar-refractivity contribution in [1.82, 2.24) is 9.13 Å². The van der Waals surface area contributed by atoms with Crippen molar-refractivity contribution in [2.45, 2.75) is 0 Å². The van der Waals surface area contributed by atoms with E-state index in [2.05, 4.69) is 130 Å². The molecular weight excluding hydrogens is 585 g/mol. The fourth-order valence-corrected chi connectivity index (χ4v) is 7.33. The summed E-state index contributed by atoms with van der Waals surface area (Å²) in [5, 5.41) is 25.5. The zero-order valence-electron chi connectivity index (χ0n) is 25.8. The first-order valence-corrected chi connectivity index (χ1v) is 15.9. The Morgan fingerprint density at radius 3 is 1.60 bits per heavy atom. The predicted octanol–water partition coefficient (Wildman–Crippen LogP) is 11.0. The molecule has 48 heavy (non-hydrogen) atoms. The first kappa shape index (κ1) is 27.4. The van der Waals surface area contributed by atoms with Gasteiger partial charge in [-0.05, 0) is 71.8 Å². The molecule has 0 aliphatic heterocycles. The number of hydrogen-bond donors (Lipinski definition) is 0. The summed E-state index contributed by atoms with van der Waals surface area (Å²) in [6.07, 6.45) is 0. The highest BCUT2D eigenvalue weighted by atomic mass is 15.0. The van der Waals surface area contributed by atoms with Crippen molar-refractivity contribution in [1.29, 1.82) is 10.5 Å². The second-order valence-electron chi connectivity index (χ2n) is 12.0. The first-order chi connectivity index (χ1) is 23.7. The van der Waals surface area contributed by atoms with Crippen molar-refractivity contribution >= 4 is 43.6 Å². The molecule has 4 heteroatoms. The molecule has 9 rings (SSSR count). The number of nitriles is 2. The van der Waals surface area contributed by atoms with Crippen molar-refractivity contribution in [3.63, 3.8) is 0 Å². The molecule has 0 aliphatic rings. The zero-order chi connectivity index (χ0) is 32.2. The summed E-state index contributed by atoms with van der Waals surface area (Å²) in [6.45, 7) is 0. The lowest BCUT2D eigenvalue weighted by Crippen LogP contribution is -2.00. The van der Waals surface area contributed by atoms with Gasteiger partial charge in [-0.3, -0.25) is 0 Å². The number of aromatic nitrogens is 2. The number of para-hydroxylation sites is 4. The molecule has 0 bridgehead atoms. The molecule has 2 aromatic heterocycles. The molecule has 0 atom stereocenters. The van der Waals surface area contributed by atoms with Crippen molar-refractivity contribution in [3.05, 3.63) is 169 Å². The summed E-state index contributed by atoms with van der Waals surface area (Å²) in [6, 6.07) is 58.8. The largest absolute Gasteiger partial charge is 0.309 e. The van der Waals surface area contributed by atoms with E-state index in [1.807, 2.05) is 48.5 Å². The van der Waals surface area contributed by atoms with E-state index in [0.29, 0.717) is 11.1 Å². The average molecular weight is 611 g/mol. The van der Waals surface area contributed by atoms with E-state index < -0.39 is 0 Å². The molecule has 0 radical (unpaired) electrons. The number of hydrogen-bond acceptors (Lipinski definition) is 2. The summed E-state index contributed by atoms with van der Waals surface area (Å²) in [5.74, 6) is 0. The number of nitrogens with zero attached hydrogens (tertiary/aromatic N) is 4. The Labute approximate surface area is 277 Å². The van der Waals surface area contributed by atoms with Crippen LogP contribution in [-0.4, -0.2) is 9.13 Å². The van der Waals surface area contributed by atoms with Crippen LogP contribution >= 0.6 is 0 Å². The molecule has 0 N–H and O–H groups in total. The van der Waals surface area contributed by atoms with Gasteiger partial charge < -0.3 is 9.13 Å². The minimum Gasteiger partial charge on any atom is -0.309 e. The Morgan fingerprint density at radius 1 is 0.396 bits per heavy atom. The van der Waals surface area contributed by atoms with E-state index in [1.165, 1.54) is 5.39 Å². The van der Waals surface area contributed by atoms with Gasteiger partial charge in [0.15, 0.2) is 0 Å². The Balaban J connectivity index is 1.24. The quantitative estimate of drug-likeness (QED) is 0.199. The number of benzene rings is 7. The third-order valence-electron chi connectivity index (χ3n) is 9.41. The van der Waals surface area contributed by atoms with Crippen molar-refractivity contribution in [2.75, 3.05) is 0 Å². The van der Waals surface area contributed by atoms with Crippen LogP contribution in [0.2, 0.25) is 0 Å². The maximum atomic E-state index is 10.6. The van der Waals surface area contributed by atoms with Gasteiger partial charge in [0.2, 0.25) is 0 Å². The third-order valence-corrected chi connectivity index (χ3v) is 9.41. The molecule has 0 fully saturated rings. The van der Waals surface area contributed by atoms with Crippen LogP contribution in [0.15, 0.2) is 158 Å². The van der Waals surface area contributed by atoms with Gasteiger partial charge >= 0.3 is 0 Å². The van der Waals surface area contributed by atoms with Crippen molar-refractivity contribution in [2.24, 2.45) is 0 Å². The summed E-state index contributed by atoms with van der Waals surface area (Å²) in [7, 11) is 0. The molecule has 0 spiro atoms. The van der Waals surface area contributed by atoms with E-state index in [0.717, 1.165) is 71.9 Å². The van der Waals surface area contributed by atoms with Gasteiger partial charge in [0.1, 0.15) is 0 Å². The summed E-state index contributed by atoms with van der Waals surface area (Å²) >= 11 is 0. The summed E-state index contributed by atoms with van der Waals surface area (Å²) in [4.78, 5) is 0. The highest BCUT2D eigenvalue weighted by molar-refractivity contribution is 6.11. The Bertz CT molecular complexity index is 2750. The van der Waals surface area contributed by atoms with Crippen LogP contribution in [0.3, 0.4) is 0 Å². The van der Waals surface area contributed by atoms with Crippen molar-refractivity contribution in [3.8, 4) is 45.8 Å². The highest BCUT2D eigenvalue weighted by Crippen LogP contribution is 2.40. The maximum absolute atomic E-state index is 10.6. The maximum Gasteiger partial charge on any atom is 0.0998 e. The van der Waals surface area contributed by atoms with Crippen LogP contribution in [-0.2, 0) is 0 Å². The van der Waals surface area contributed by atoms with E-state index in [1.54, 1.807) is 0 Å². The molecule has 4 nitrogen and oxygen atoms in total. The second kappa shape index (κ2) is 10.9. The van der Waals surface area contributed by atoms with E-state index in [-0.39, 0.29) is 0 Å². The lowest BCUT2D eigenvalue weighted by atomic mass is 9.91. The van der Waals surface area contributed by atoms with Gasteiger partial charge in [0.25, 0.3) is 0 Å². The van der Waals surface area contributed by atoms with E-state index in [4.69, 9.17) is 0 Å². The smallest absolute Gasteiger partial charge is 0.0998 e. The summed E-state index contributed by atoms with van der Waals surface area (Å²) < 4.78 is 4.51. The monoisotopic (exact) mass is 610 g/mol. The molecule has 0 saturated carbocycles. The molecular formula is C44H26N4. The van der Waals surface area contributed by atoms with Crippen molar-refractivity contribution < 1.29 is 0 Å². The van der Waals surface area contributed by atoms with Crippen LogP contribution in [0.1, 0.15) is 11.1 Å². The third kappa shape index (κ3) is 4.07. The fourth-order valence-electron chi connectivity index (χ4n) is 7.33. The standard InChI is InChI=1S/C44H26N4/c45-27-31-11-10-20-43(48-40-18-8-4-14-35(40)36-15-5-9-19-41(36)48)44(31)34-23-21-29(25-32(34)28-46)30-22-24-42-38(26-30)37-16-6-7-17-39(37)47(42)33-12-2-1-3-13-33/h1-26H. The molecule has 0 saturated heterocycles. The Kier molecular flexibility index (Phi) is 6.22. The van der Waals surface area contributed by atoms with Gasteiger partial charge in [-0.2, -0.15) is 10.5 Å². The molecule has 0 aliphatic carbocycles. The molecule has 9 aromatic rings. The first-order valence-electron chi connectivity index (χ1n) is 15.9. The highest BCUT2D eigenvalue weighted by Gasteiger charge is 2.21. The fraction of sp³-hybridized carbons (Fsp3) is 0. The lowest BCUT2D eigenvalue weighted by molar-refractivity contribution is 1.18. The number of rotatable bonds is 4. The topological polar surface area (TPSA) is 57.4 Å². The van der Waals surface area contributed by atoms with Crippen LogP contribution < -0.4 is 0 Å². The van der Waals surface area contributed by atoms with Gasteiger partial charge in [-0.1, -0.05) is 97.1 Å². The van der Waals surface area contributed by atoms with Crippen LogP contribution in [0.5, 0.6) is 0 Å². The minimum absolute atomic E-state index is 0.518. The Hall–Kier alpha value is -6.88. The van der Waals surface area contributed by atoms with E-state index in [9.17, 15) is 10.5 Å². The molecule has 0 unspecified atom stereocenters. The van der Waals surface area contributed by atoms with Gasteiger partial charge in [0.05, 0.1) is 51.0 Å². The predicted molar refractivity (Wildman–Crippen MR) is 195 cm³/mol. The minimum atomic E-state index is 0.518. The van der Waals surface area contributed by atoms with Gasteiger partial charge in [0, 0.05) is 38.4 Å². The lowest BCUT2D eigenvalue weighted by Gasteiger charge is -2.17. The molecule has 7 aromatic carbocycles. The Morgan fingerprint density at radius 2 is 0.938 bits per heavy atom. The van der Waals surface area contributed by atoms with Crippen LogP contribution in [0.4, 0.5) is 0 Å². The van der Waals surface area contributed by atoms with Crippen LogP contribution in [0, 0.1) is 22.7 Å². The molecule has 222 valence electrons.